The van der Waals surface area contributed by atoms with Crippen LogP contribution < -0.4 is 5.32 Å². The van der Waals surface area contributed by atoms with E-state index in [0.717, 1.165) is 22.6 Å². The van der Waals surface area contributed by atoms with E-state index in [1.165, 1.54) is 4.90 Å². The first-order valence-corrected chi connectivity index (χ1v) is 7.90. The average Bonchev–Trinajstić information content (AvgIpc) is 2.35. The van der Waals surface area contributed by atoms with Gasteiger partial charge in [0, 0.05) is 23.4 Å². The fourth-order valence-electron chi connectivity index (χ4n) is 1.45. The molecule has 0 heterocycles. The topological polar surface area (TPSA) is 49.3 Å². The van der Waals surface area contributed by atoms with Gasteiger partial charge in [-0.25, -0.2) is 0 Å². The van der Waals surface area contributed by atoms with Crippen LogP contribution in [0.25, 0.3) is 0 Å². The molecular formula is C13H19NO2S2. The highest BCUT2D eigenvalue weighted by molar-refractivity contribution is 8.03. The van der Waals surface area contributed by atoms with Crippen LogP contribution in [0.15, 0.2) is 17.0 Å². The second kappa shape index (κ2) is 7.59. The largest absolute Gasteiger partial charge is 0.507 e. The highest BCUT2D eigenvalue weighted by atomic mass is 32.2. The first-order chi connectivity index (χ1) is 8.54. The summed E-state index contributed by atoms with van der Waals surface area (Å²) in [5.74, 6) is 2.88. The maximum atomic E-state index is 11.0. The lowest BCUT2D eigenvalue weighted by Crippen LogP contribution is -2.20. The highest BCUT2D eigenvalue weighted by Crippen LogP contribution is 2.28. The fraction of sp³-hybridized carbons (Fsp3) is 0.462. The minimum Gasteiger partial charge on any atom is -0.507 e. The predicted octanol–water partition coefficient (Wildman–Crippen LogP) is 2.58. The highest BCUT2D eigenvalue weighted by Gasteiger charge is 2.04. The number of thioether (sulfide) groups is 2. The Balaban J connectivity index is 2.34. The molecule has 1 rings (SSSR count). The number of aryl methyl sites for hydroxylation is 2. The van der Waals surface area contributed by atoms with Crippen LogP contribution in [-0.2, 0) is 4.79 Å². The summed E-state index contributed by atoms with van der Waals surface area (Å²) in [5.41, 5.74) is 1.83. The number of nitrogens with one attached hydrogen (secondary N) is 1. The lowest BCUT2D eigenvalue weighted by atomic mass is 10.1. The summed E-state index contributed by atoms with van der Waals surface area (Å²) in [6, 6.07) is 3.99. The molecule has 0 aromatic heterocycles. The zero-order valence-corrected chi connectivity index (χ0v) is 12.6. The summed E-state index contributed by atoms with van der Waals surface area (Å²) in [7, 11) is 1.65. The first kappa shape index (κ1) is 15.2. The van der Waals surface area contributed by atoms with Crippen molar-refractivity contribution in [3.05, 3.63) is 23.3 Å². The molecule has 0 atom stereocenters. The van der Waals surface area contributed by atoms with Crippen molar-refractivity contribution in [2.24, 2.45) is 0 Å². The normalized spacial score (nSPS) is 10.4. The number of rotatable bonds is 6. The van der Waals surface area contributed by atoms with Gasteiger partial charge >= 0.3 is 0 Å². The number of hydrogen-bond donors (Lipinski definition) is 2. The summed E-state index contributed by atoms with van der Waals surface area (Å²) in [6.07, 6.45) is 0. The van der Waals surface area contributed by atoms with Gasteiger partial charge in [-0.05, 0) is 37.1 Å². The summed E-state index contributed by atoms with van der Waals surface area (Å²) in [4.78, 5) is 12.2. The zero-order chi connectivity index (χ0) is 13.5. The molecule has 0 aliphatic rings. The maximum absolute atomic E-state index is 11.0. The third-order valence-electron chi connectivity index (χ3n) is 2.47. The number of benzene rings is 1. The molecule has 0 saturated heterocycles. The van der Waals surface area contributed by atoms with E-state index in [4.69, 9.17) is 0 Å². The van der Waals surface area contributed by atoms with E-state index in [0.29, 0.717) is 11.5 Å². The monoisotopic (exact) mass is 285 g/mol. The molecule has 0 radical (unpaired) electrons. The van der Waals surface area contributed by atoms with Gasteiger partial charge in [0.15, 0.2) is 0 Å². The molecule has 0 bridgehead atoms. The van der Waals surface area contributed by atoms with Gasteiger partial charge in [-0.3, -0.25) is 4.79 Å². The number of phenolic OH excluding ortho intramolecular Hbond substituents is 1. The van der Waals surface area contributed by atoms with E-state index in [1.54, 1.807) is 30.6 Å². The molecule has 0 aliphatic heterocycles. The molecule has 1 aromatic rings. The molecular weight excluding hydrogens is 266 g/mol. The van der Waals surface area contributed by atoms with E-state index in [2.05, 4.69) is 5.32 Å². The number of carbonyl (C=O) groups excluding carboxylic acids is 1. The molecule has 0 spiro atoms. The minimum absolute atomic E-state index is 0.0707. The van der Waals surface area contributed by atoms with Crippen molar-refractivity contribution in [1.29, 1.82) is 0 Å². The molecule has 0 unspecified atom stereocenters. The molecule has 1 amide bonds. The van der Waals surface area contributed by atoms with E-state index in [9.17, 15) is 9.90 Å². The number of carbonyl (C=O) groups is 1. The van der Waals surface area contributed by atoms with Crippen LogP contribution in [-0.4, -0.2) is 35.3 Å². The molecule has 1 aromatic carbocycles. The minimum atomic E-state index is 0.0707. The molecule has 18 heavy (non-hydrogen) atoms. The van der Waals surface area contributed by atoms with Crippen molar-refractivity contribution in [2.45, 2.75) is 18.7 Å². The lowest BCUT2D eigenvalue weighted by Gasteiger charge is -2.07. The van der Waals surface area contributed by atoms with E-state index in [1.807, 2.05) is 26.0 Å². The van der Waals surface area contributed by atoms with E-state index in [-0.39, 0.29) is 5.91 Å². The number of amides is 1. The van der Waals surface area contributed by atoms with Crippen molar-refractivity contribution >= 4 is 29.4 Å². The standard InChI is InChI=1S/C13H19NO2S2/c1-9-6-11(7-10(2)13(9)16)18-5-4-17-8-12(15)14-3/h6-7,16H,4-5,8H2,1-3H3,(H,14,15). The van der Waals surface area contributed by atoms with Crippen LogP contribution in [0.1, 0.15) is 11.1 Å². The van der Waals surface area contributed by atoms with Crippen LogP contribution in [0.5, 0.6) is 5.75 Å². The second-order valence-electron chi connectivity index (χ2n) is 3.98. The third-order valence-corrected chi connectivity index (χ3v) is 4.67. The predicted molar refractivity (Wildman–Crippen MR) is 79.7 cm³/mol. The van der Waals surface area contributed by atoms with Crippen molar-refractivity contribution < 1.29 is 9.90 Å². The summed E-state index contributed by atoms with van der Waals surface area (Å²) in [5, 5.41) is 12.3. The van der Waals surface area contributed by atoms with Crippen LogP contribution in [0.2, 0.25) is 0 Å². The molecule has 0 fully saturated rings. The van der Waals surface area contributed by atoms with Gasteiger partial charge in [0.05, 0.1) is 5.75 Å². The van der Waals surface area contributed by atoms with Crippen LogP contribution in [0, 0.1) is 13.8 Å². The smallest absolute Gasteiger partial charge is 0.229 e. The van der Waals surface area contributed by atoms with Gasteiger partial charge in [-0.15, -0.1) is 11.8 Å². The summed E-state index contributed by atoms with van der Waals surface area (Å²) in [6.45, 7) is 3.82. The maximum Gasteiger partial charge on any atom is 0.229 e. The molecule has 0 saturated carbocycles. The van der Waals surface area contributed by atoms with Gasteiger partial charge < -0.3 is 10.4 Å². The second-order valence-corrected chi connectivity index (χ2v) is 6.25. The molecule has 0 aliphatic carbocycles. The average molecular weight is 285 g/mol. The molecule has 3 nitrogen and oxygen atoms in total. The fourth-order valence-corrected chi connectivity index (χ4v) is 3.49. The lowest BCUT2D eigenvalue weighted by molar-refractivity contribution is -0.118. The quantitative estimate of drug-likeness (QED) is 0.623. The first-order valence-electron chi connectivity index (χ1n) is 5.76. The molecule has 5 heteroatoms. The van der Waals surface area contributed by atoms with Crippen molar-refractivity contribution in [1.82, 2.24) is 5.32 Å². The van der Waals surface area contributed by atoms with Gasteiger partial charge in [-0.1, -0.05) is 0 Å². The van der Waals surface area contributed by atoms with Crippen molar-refractivity contribution in [3.63, 3.8) is 0 Å². The van der Waals surface area contributed by atoms with Gasteiger partial charge in [-0.2, -0.15) is 11.8 Å². The Morgan fingerprint density at radius 3 is 2.44 bits per heavy atom. The number of phenols is 1. The van der Waals surface area contributed by atoms with Crippen molar-refractivity contribution in [3.8, 4) is 5.75 Å². The van der Waals surface area contributed by atoms with Crippen LogP contribution in [0.3, 0.4) is 0 Å². The van der Waals surface area contributed by atoms with Crippen LogP contribution >= 0.6 is 23.5 Å². The van der Waals surface area contributed by atoms with E-state index < -0.39 is 0 Å². The molecule has 100 valence electrons. The van der Waals surface area contributed by atoms with Crippen LogP contribution in [0.4, 0.5) is 0 Å². The Morgan fingerprint density at radius 2 is 1.89 bits per heavy atom. The Morgan fingerprint density at radius 1 is 1.28 bits per heavy atom. The van der Waals surface area contributed by atoms with Crippen molar-refractivity contribution in [2.75, 3.05) is 24.3 Å². The molecule has 2 N–H and O–H groups in total. The van der Waals surface area contributed by atoms with Gasteiger partial charge in [0.1, 0.15) is 5.75 Å². The Kier molecular flexibility index (Phi) is 6.43. The van der Waals surface area contributed by atoms with Gasteiger partial charge in [0.25, 0.3) is 0 Å². The number of hydrogen-bond acceptors (Lipinski definition) is 4. The third kappa shape index (κ3) is 4.82. The summed E-state index contributed by atoms with van der Waals surface area (Å²) >= 11 is 3.39. The number of aromatic hydroxyl groups is 1. The summed E-state index contributed by atoms with van der Waals surface area (Å²) < 4.78 is 0. The SMILES string of the molecule is CNC(=O)CSCCSc1cc(C)c(O)c(C)c1. The zero-order valence-electron chi connectivity index (χ0n) is 10.9. The van der Waals surface area contributed by atoms with E-state index >= 15 is 0 Å². The van der Waals surface area contributed by atoms with Gasteiger partial charge in [0.2, 0.25) is 5.91 Å². The Labute approximate surface area is 117 Å². The Hall–Kier alpha value is -0.810. The Bertz CT molecular complexity index is 398.